The molecule has 1 unspecified atom stereocenters. The Labute approximate surface area is 168 Å². The maximum absolute atomic E-state index is 4.96. The van der Waals surface area contributed by atoms with Gasteiger partial charge in [0.1, 0.15) is 0 Å². The molecule has 140 valence electrons. The van der Waals surface area contributed by atoms with Crippen molar-refractivity contribution in [3.63, 3.8) is 0 Å². The van der Waals surface area contributed by atoms with Gasteiger partial charge >= 0.3 is 0 Å². The summed E-state index contributed by atoms with van der Waals surface area (Å²) in [7, 11) is 0. The number of benzene rings is 3. The highest BCUT2D eigenvalue weighted by Crippen LogP contribution is 2.46. The normalized spacial score (nSPS) is 16.6. The lowest BCUT2D eigenvalue weighted by molar-refractivity contribution is 0.584. The number of nitrogens with zero attached hydrogens (tertiary/aromatic N) is 1. The van der Waals surface area contributed by atoms with Crippen LogP contribution in [0.2, 0.25) is 0 Å². The molecule has 0 aliphatic heterocycles. The summed E-state index contributed by atoms with van der Waals surface area (Å²) in [5.41, 5.74) is 8.89. The maximum Gasteiger partial charge on any atom is 0.0527 e. The minimum atomic E-state index is -0.0944. The van der Waals surface area contributed by atoms with Gasteiger partial charge in [0.05, 0.1) is 5.54 Å². The molecule has 1 atom stereocenters. The fraction of sp³-hybridized carbons (Fsp3) is 0.222. The quantitative estimate of drug-likeness (QED) is 0.444. The van der Waals surface area contributed by atoms with Crippen molar-refractivity contribution in [2.75, 3.05) is 0 Å². The molecule has 0 spiro atoms. The Balaban J connectivity index is 1.90. The summed E-state index contributed by atoms with van der Waals surface area (Å²) in [5.74, 6) is 0.222. The van der Waals surface area contributed by atoms with Crippen molar-refractivity contribution in [1.29, 1.82) is 0 Å². The lowest BCUT2D eigenvalue weighted by atomic mass is 9.82. The van der Waals surface area contributed by atoms with Crippen LogP contribution in [-0.4, -0.2) is 11.3 Å². The molecule has 3 aromatic rings. The van der Waals surface area contributed by atoms with E-state index in [0.717, 1.165) is 5.71 Å². The second kappa shape index (κ2) is 7.24. The van der Waals surface area contributed by atoms with Gasteiger partial charge in [-0.1, -0.05) is 78.9 Å². The van der Waals surface area contributed by atoms with Crippen LogP contribution >= 0.6 is 0 Å². The van der Waals surface area contributed by atoms with E-state index in [0.29, 0.717) is 0 Å². The summed E-state index contributed by atoms with van der Waals surface area (Å²) in [4.78, 5) is 4.96. The van der Waals surface area contributed by atoms with E-state index >= 15 is 0 Å². The SMILES string of the molecule is C/C(=N\C(C)(C)C)c1ccccc1C1C(c2ccccc2)=Cc2ccccc21. The zero-order chi connectivity index (χ0) is 19.7. The molecular weight excluding hydrogens is 338 g/mol. The van der Waals surface area contributed by atoms with E-state index in [4.69, 9.17) is 4.99 Å². The fourth-order valence-electron chi connectivity index (χ4n) is 4.18. The largest absolute Gasteiger partial charge is 0.284 e. The molecule has 0 radical (unpaired) electrons. The van der Waals surface area contributed by atoms with E-state index in [9.17, 15) is 0 Å². The predicted molar refractivity (Wildman–Crippen MR) is 121 cm³/mol. The van der Waals surface area contributed by atoms with Gasteiger partial charge in [0.25, 0.3) is 0 Å². The number of fused-ring (bicyclic) bond motifs is 1. The third kappa shape index (κ3) is 3.57. The molecular formula is C27H27N. The van der Waals surface area contributed by atoms with Gasteiger partial charge in [-0.15, -0.1) is 0 Å². The first-order valence-electron chi connectivity index (χ1n) is 9.96. The molecule has 0 bridgehead atoms. The summed E-state index contributed by atoms with van der Waals surface area (Å²) in [6.45, 7) is 8.59. The first kappa shape index (κ1) is 18.4. The molecule has 1 aliphatic carbocycles. The van der Waals surface area contributed by atoms with Crippen molar-refractivity contribution in [3.8, 4) is 0 Å². The predicted octanol–water partition coefficient (Wildman–Crippen LogP) is 6.98. The van der Waals surface area contributed by atoms with Crippen molar-refractivity contribution in [3.05, 3.63) is 107 Å². The van der Waals surface area contributed by atoms with Crippen LogP contribution in [0.5, 0.6) is 0 Å². The lowest BCUT2D eigenvalue weighted by Crippen LogP contribution is -2.15. The highest BCUT2D eigenvalue weighted by molar-refractivity contribution is 6.03. The zero-order valence-electron chi connectivity index (χ0n) is 17.1. The third-order valence-electron chi connectivity index (χ3n) is 5.20. The molecule has 3 aromatic carbocycles. The van der Waals surface area contributed by atoms with E-state index in [1.165, 1.54) is 33.4 Å². The molecule has 0 saturated carbocycles. The smallest absolute Gasteiger partial charge is 0.0527 e. The van der Waals surface area contributed by atoms with Crippen molar-refractivity contribution in [2.45, 2.75) is 39.2 Å². The van der Waals surface area contributed by atoms with Gasteiger partial charge in [-0.3, -0.25) is 4.99 Å². The highest BCUT2D eigenvalue weighted by Gasteiger charge is 2.29. The zero-order valence-corrected chi connectivity index (χ0v) is 17.1. The van der Waals surface area contributed by atoms with Gasteiger partial charge < -0.3 is 0 Å². The van der Waals surface area contributed by atoms with Crippen LogP contribution in [0.1, 0.15) is 61.4 Å². The highest BCUT2D eigenvalue weighted by atomic mass is 14.8. The van der Waals surface area contributed by atoms with Crippen LogP contribution in [0.4, 0.5) is 0 Å². The topological polar surface area (TPSA) is 12.4 Å². The van der Waals surface area contributed by atoms with Gasteiger partial charge in [0.15, 0.2) is 0 Å². The Morgan fingerprint density at radius 2 is 1.36 bits per heavy atom. The van der Waals surface area contributed by atoms with Crippen LogP contribution in [-0.2, 0) is 0 Å². The van der Waals surface area contributed by atoms with Gasteiger partial charge in [-0.05, 0) is 67.2 Å². The Morgan fingerprint density at radius 1 is 0.750 bits per heavy atom. The minimum Gasteiger partial charge on any atom is -0.284 e. The second-order valence-electron chi connectivity index (χ2n) is 8.48. The summed E-state index contributed by atoms with van der Waals surface area (Å²) in [5, 5.41) is 0. The lowest BCUT2D eigenvalue weighted by Gasteiger charge is -2.22. The second-order valence-corrected chi connectivity index (χ2v) is 8.48. The Bertz CT molecular complexity index is 1050. The molecule has 0 fully saturated rings. The Hall–Kier alpha value is -2.93. The molecule has 0 amide bonds. The summed E-state index contributed by atoms with van der Waals surface area (Å²) < 4.78 is 0. The molecule has 1 aliphatic rings. The molecule has 0 N–H and O–H groups in total. The van der Waals surface area contributed by atoms with E-state index in [1.807, 2.05) is 0 Å². The van der Waals surface area contributed by atoms with Crippen molar-refractivity contribution in [2.24, 2.45) is 4.99 Å². The van der Waals surface area contributed by atoms with Crippen LogP contribution in [0.15, 0.2) is 83.9 Å². The minimum absolute atomic E-state index is 0.0944. The van der Waals surface area contributed by atoms with Gasteiger partial charge in [-0.2, -0.15) is 0 Å². The van der Waals surface area contributed by atoms with Crippen LogP contribution < -0.4 is 0 Å². The van der Waals surface area contributed by atoms with Crippen LogP contribution in [0.25, 0.3) is 11.6 Å². The third-order valence-corrected chi connectivity index (χ3v) is 5.20. The van der Waals surface area contributed by atoms with Crippen LogP contribution in [0.3, 0.4) is 0 Å². The number of rotatable bonds is 3. The van der Waals surface area contributed by atoms with Crippen molar-refractivity contribution >= 4 is 17.4 Å². The summed E-state index contributed by atoms with van der Waals surface area (Å²) >= 11 is 0. The van der Waals surface area contributed by atoms with E-state index in [-0.39, 0.29) is 11.5 Å². The molecule has 0 heterocycles. The summed E-state index contributed by atoms with van der Waals surface area (Å²) in [6.07, 6.45) is 2.35. The average Bonchev–Trinajstić information content (AvgIpc) is 3.07. The molecule has 0 aromatic heterocycles. The summed E-state index contributed by atoms with van der Waals surface area (Å²) in [6, 6.07) is 28.2. The molecule has 28 heavy (non-hydrogen) atoms. The standard InChI is InChI=1S/C27H27N/c1-19(28-27(2,3)4)22-15-10-11-17-24(22)26-23-16-9-8-14-21(23)18-25(26)20-12-6-5-7-13-20/h5-18,26H,1-4H3/b28-19+. The first-order valence-corrected chi connectivity index (χ1v) is 9.96. The fourth-order valence-corrected chi connectivity index (χ4v) is 4.18. The van der Waals surface area contributed by atoms with Crippen LogP contribution in [0, 0.1) is 0 Å². The van der Waals surface area contributed by atoms with E-state index in [1.54, 1.807) is 0 Å². The Kier molecular flexibility index (Phi) is 4.77. The molecule has 0 saturated heterocycles. The number of hydrogen-bond donors (Lipinski definition) is 0. The number of allylic oxidation sites excluding steroid dienone is 1. The van der Waals surface area contributed by atoms with Crippen molar-refractivity contribution < 1.29 is 0 Å². The maximum atomic E-state index is 4.96. The number of hydrogen-bond acceptors (Lipinski definition) is 1. The molecule has 1 heteroatoms. The monoisotopic (exact) mass is 365 g/mol. The van der Waals surface area contributed by atoms with Crippen molar-refractivity contribution in [1.82, 2.24) is 0 Å². The molecule has 1 nitrogen and oxygen atoms in total. The van der Waals surface area contributed by atoms with Gasteiger partial charge in [-0.25, -0.2) is 0 Å². The van der Waals surface area contributed by atoms with Gasteiger partial charge in [0.2, 0.25) is 0 Å². The van der Waals surface area contributed by atoms with E-state index < -0.39 is 0 Å². The number of aliphatic imine (C=N–C) groups is 1. The average molecular weight is 366 g/mol. The molecule has 4 rings (SSSR count). The van der Waals surface area contributed by atoms with Gasteiger partial charge in [0, 0.05) is 11.6 Å². The Morgan fingerprint density at radius 3 is 2.07 bits per heavy atom. The first-order chi connectivity index (χ1) is 13.4. The van der Waals surface area contributed by atoms with E-state index in [2.05, 4.69) is 113 Å².